The van der Waals surface area contributed by atoms with Crippen LogP contribution < -0.4 is 4.90 Å². The van der Waals surface area contributed by atoms with Gasteiger partial charge in [0.2, 0.25) is 5.95 Å². The summed E-state index contributed by atoms with van der Waals surface area (Å²) in [4.78, 5) is 30.0. The molecule has 0 spiro atoms. The Morgan fingerprint density at radius 3 is 2.64 bits per heavy atom. The maximum Gasteiger partial charge on any atom is 0.274 e. The van der Waals surface area contributed by atoms with Crippen LogP contribution in [0.2, 0.25) is 5.02 Å². The minimum Gasteiger partial charge on any atom is -0.341 e. The van der Waals surface area contributed by atoms with E-state index in [0.717, 1.165) is 44.3 Å². The molecule has 7 heteroatoms. The Morgan fingerprint density at radius 1 is 1.12 bits per heavy atom. The molecule has 1 atom stereocenters. The first-order valence-corrected chi connectivity index (χ1v) is 9.10. The van der Waals surface area contributed by atoms with Gasteiger partial charge in [0.05, 0.1) is 17.3 Å². The predicted octanol–water partition coefficient (Wildman–Crippen LogP) is 3.10. The molecule has 6 nitrogen and oxygen atoms in total. The molecule has 4 rings (SSSR count). The van der Waals surface area contributed by atoms with Crippen molar-refractivity contribution in [2.75, 3.05) is 24.5 Å². The van der Waals surface area contributed by atoms with Crippen LogP contribution in [0, 0.1) is 0 Å². The number of hydrogen-bond acceptors (Lipinski definition) is 5. The second-order valence-corrected chi connectivity index (χ2v) is 6.91. The summed E-state index contributed by atoms with van der Waals surface area (Å²) in [7, 11) is 0. The molecule has 2 aliphatic heterocycles. The maximum absolute atomic E-state index is 13.1. The Bertz CT molecular complexity index is 763. The van der Waals surface area contributed by atoms with Crippen LogP contribution in [-0.2, 0) is 0 Å². The van der Waals surface area contributed by atoms with E-state index >= 15 is 0 Å². The van der Waals surface area contributed by atoms with E-state index in [9.17, 15) is 4.79 Å². The topological polar surface area (TPSA) is 62.2 Å². The Balaban J connectivity index is 1.62. The fourth-order valence-corrected chi connectivity index (χ4v) is 3.83. The van der Waals surface area contributed by atoms with Gasteiger partial charge >= 0.3 is 0 Å². The van der Waals surface area contributed by atoms with Crippen molar-refractivity contribution >= 4 is 23.5 Å². The highest BCUT2D eigenvalue weighted by Gasteiger charge is 2.33. The number of pyridine rings is 1. The molecule has 2 aromatic rings. The lowest BCUT2D eigenvalue weighted by atomic mass is 10.1. The van der Waals surface area contributed by atoms with Crippen LogP contribution in [0.15, 0.2) is 30.7 Å². The standard InChI is InChI=1S/C18H20ClN5O/c19-14-12-21-18(23-9-1-2-10-23)22-16(14)17(25)24-11-3-4-15(24)13-5-7-20-8-6-13/h5-8,12,15H,1-4,9-11H2. The maximum atomic E-state index is 13.1. The Morgan fingerprint density at radius 2 is 1.88 bits per heavy atom. The minimum atomic E-state index is -0.118. The molecule has 0 bridgehead atoms. The molecule has 2 aliphatic rings. The van der Waals surface area contributed by atoms with Crippen molar-refractivity contribution in [3.63, 3.8) is 0 Å². The van der Waals surface area contributed by atoms with E-state index in [4.69, 9.17) is 11.6 Å². The molecule has 2 aromatic heterocycles. The third-order valence-corrected chi connectivity index (χ3v) is 5.20. The quantitative estimate of drug-likeness (QED) is 0.844. The van der Waals surface area contributed by atoms with Gasteiger partial charge in [0.15, 0.2) is 5.69 Å². The number of anilines is 1. The second kappa shape index (κ2) is 6.96. The molecule has 0 radical (unpaired) electrons. The summed E-state index contributed by atoms with van der Waals surface area (Å²) >= 11 is 6.27. The van der Waals surface area contributed by atoms with Gasteiger partial charge in [0.25, 0.3) is 5.91 Å². The molecule has 0 aliphatic carbocycles. The van der Waals surface area contributed by atoms with Gasteiger partial charge in [-0.15, -0.1) is 0 Å². The third kappa shape index (κ3) is 3.18. The van der Waals surface area contributed by atoms with Crippen LogP contribution in [0.4, 0.5) is 5.95 Å². The van der Waals surface area contributed by atoms with Crippen molar-refractivity contribution in [1.29, 1.82) is 0 Å². The number of carbonyl (C=O) groups is 1. The largest absolute Gasteiger partial charge is 0.341 e. The van der Waals surface area contributed by atoms with Crippen LogP contribution in [0.1, 0.15) is 47.8 Å². The zero-order valence-electron chi connectivity index (χ0n) is 13.9. The smallest absolute Gasteiger partial charge is 0.274 e. The van der Waals surface area contributed by atoms with Crippen molar-refractivity contribution < 1.29 is 4.79 Å². The molecule has 25 heavy (non-hydrogen) atoms. The summed E-state index contributed by atoms with van der Waals surface area (Å²) in [5.74, 6) is 0.483. The highest BCUT2D eigenvalue weighted by Crippen LogP contribution is 2.33. The first-order valence-electron chi connectivity index (χ1n) is 8.72. The number of nitrogens with zero attached hydrogens (tertiary/aromatic N) is 5. The van der Waals surface area contributed by atoms with Gasteiger partial charge in [0, 0.05) is 32.0 Å². The van der Waals surface area contributed by atoms with Gasteiger partial charge in [-0.3, -0.25) is 9.78 Å². The van der Waals surface area contributed by atoms with Crippen molar-refractivity contribution in [2.24, 2.45) is 0 Å². The van der Waals surface area contributed by atoms with Crippen LogP contribution in [0.5, 0.6) is 0 Å². The van der Waals surface area contributed by atoms with E-state index in [1.807, 2.05) is 17.0 Å². The summed E-state index contributed by atoms with van der Waals surface area (Å²) in [5, 5.41) is 0.313. The predicted molar refractivity (Wildman–Crippen MR) is 95.7 cm³/mol. The van der Waals surface area contributed by atoms with E-state index in [1.54, 1.807) is 18.6 Å². The van der Waals surface area contributed by atoms with E-state index in [0.29, 0.717) is 23.2 Å². The number of likely N-dealkylation sites (tertiary alicyclic amines) is 1. The van der Waals surface area contributed by atoms with Gasteiger partial charge in [0.1, 0.15) is 0 Å². The highest BCUT2D eigenvalue weighted by atomic mass is 35.5. The molecule has 2 saturated heterocycles. The molecule has 4 heterocycles. The first kappa shape index (κ1) is 16.3. The number of carbonyl (C=O) groups excluding carboxylic acids is 1. The Hall–Kier alpha value is -2.21. The number of hydrogen-bond donors (Lipinski definition) is 0. The lowest BCUT2D eigenvalue weighted by molar-refractivity contribution is 0.0729. The van der Waals surface area contributed by atoms with Gasteiger partial charge in [-0.25, -0.2) is 9.97 Å². The summed E-state index contributed by atoms with van der Waals surface area (Å²) in [6.45, 7) is 2.57. The monoisotopic (exact) mass is 357 g/mol. The van der Waals surface area contributed by atoms with Crippen molar-refractivity contribution in [3.05, 3.63) is 47.0 Å². The van der Waals surface area contributed by atoms with E-state index < -0.39 is 0 Å². The fraction of sp³-hybridized carbons (Fsp3) is 0.444. The minimum absolute atomic E-state index is 0.0526. The molecular weight excluding hydrogens is 338 g/mol. The summed E-state index contributed by atoms with van der Waals surface area (Å²) in [6.07, 6.45) is 9.25. The molecule has 0 N–H and O–H groups in total. The van der Waals surface area contributed by atoms with Crippen molar-refractivity contribution in [3.8, 4) is 0 Å². The lowest BCUT2D eigenvalue weighted by Crippen LogP contribution is -2.32. The van der Waals surface area contributed by atoms with Crippen molar-refractivity contribution in [1.82, 2.24) is 19.9 Å². The van der Waals surface area contributed by atoms with Gasteiger partial charge < -0.3 is 9.80 Å². The fourth-order valence-electron chi connectivity index (χ4n) is 3.66. The summed E-state index contributed by atoms with van der Waals surface area (Å²) < 4.78 is 0. The van der Waals surface area contributed by atoms with Gasteiger partial charge in [-0.05, 0) is 43.4 Å². The van der Waals surface area contributed by atoms with Gasteiger partial charge in [-0.1, -0.05) is 11.6 Å². The molecule has 130 valence electrons. The summed E-state index contributed by atoms with van der Waals surface area (Å²) in [5.41, 5.74) is 1.41. The SMILES string of the molecule is O=C(c1nc(N2CCCC2)ncc1Cl)N1CCCC1c1ccncc1. The van der Waals surface area contributed by atoms with E-state index in [2.05, 4.69) is 19.9 Å². The average molecular weight is 358 g/mol. The molecule has 0 saturated carbocycles. The Kier molecular flexibility index (Phi) is 4.53. The van der Waals surface area contributed by atoms with Gasteiger partial charge in [-0.2, -0.15) is 0 Å². The zero-order chi connectivity index (χ0) is 17.2. The molecule has 2 fully saturated rings. The average Bonchev–Trinajstić information content (AvgIpc) is 3.34. The number of amides is 1. The number of rotatable bonds is 3. The van der Waals surface area contributed by atoms with Crippen molar-refractivity contribution in [2.45, 2.75) is 31.7 Å². The number of aromatic nitrogens is 3. The lowest BCUT2D eigenvalue weighted by Gasteiger charge is -2.25. The molecule has 1 amide bonds. The third-order valence-electron chi connectivity index (χ3n) is 4.93. The van der Waals surface area contributed by atoms with Crippen LogP contribution in [-0.4, -0.2) is 45.4 Å². The zero-order valence-corrected chi connectivity index (χ0v) is 14.7. The molecule has 1 unspecified atom stereocenters. The normalized spacial score (nSPS) is 20.3. The molecular formula is C18H20ClN5O. The van der Waals surface area contributed by atoms with E-state index in [1.165, 1.54) is 0 Å². The van der Waals surface area contributed by atoms with Crippen LogP contribution in [0.25, 0.3) is 0 Å². The number of halogens is 1. The van der Waals surface area contributed by atoms with Crippen LogP contribution >= 0.6 is 11.6 Å². The molecule has 0 aromatic carbocycles. The first-order chi connectivity index (χ1) is 12.2. The second-order valence-electron chi connectivity index (χ2n) is 6.50. The Labute approximate surface area is 151 Å². The van der Waals surface area contributed by atoms with Crippen LogP contribution in [0.3, 0.4) is 0 Å². The highest BCUT2D eigenvalue weighted by molar-refractivity contribution is 6.33. The summed E-state index contributed by atoms with van der Waals surface area (Å²) in [6, 6.07) is 3.98. The van der Waals surface area contributed by atoms with E-state index in [-0.39, 0.29) is 11.9 Å².